The lowest BCUT2D eigenvalue weighted by atomic mass is 9.70. The summed E-state index contributed by atoms with van der Waals surface area (Å²) in [5.74, 6) is -0.724. The fraction of sp³-hybridized carbons (Fsp3) is 0.591. The summed E-state index contributed by atoms with van der Waals surface area (Å²) >= 11 is 0. The topological polar surface area (TPSA) is 81.7 Å². The van der Waals surface area contributed by atoms with Crippen molar-refractivity contribution in [2.45, 2.75) is 53.4 Å². The molecule has 1 aromatic rings. The summed E-state index contributed by atoms with van der Waals surface area (Å²) in [6.07, 6.45) is 3.63. The number of benzene rings is 1. The lowest BCUT2D eigenvalue weighted by molar-refractivity contribution is -0.153. The molecule has 0 bridgehead atoms. The summed E-state index contributed by atoms with van der Waals surface area (Å²) in [5.41, 5.74) is 1.89. The summed E-state index contributed by atoms with van der Waals surface area (Å²) in [5, 5.41) is 2.69. The van der Waals surface area contributed by atoms with Crippen molar-refractivity contribution in [1.29, 1.82) is 0 Å². The Morgan fingerprint density at radius 1 is 1.11 bits per heavy atom. The van der Waals surface area contributed by atoms with Gasteiger partial charge in [-0.15, -0.1) is 0 Å². The smallest absolute Gasteiger partial charge is 0.337 e. The van der Waals surface area contributed by atoms with E-state index in [1.54, 1.807) is 18.2 Å². The number of amides is 1. The number of hydrogen-bond acceptors (Lipinski definition) is 5. The van der Waals surface area contributed by atoms with Crippen LogP contribution in [0.5, 0.6) is 0 Å². The fourth-order valence-electron chi connectivity index (χ4n) is 3.64. The largest absolute Gasteiger partial charge is 0.465 e. The van der Waals surface area contributed by atoms with Crippen molar-refractivity contribution < 1.29 is 23.9 Å². The molecule has 2 rings (SSSR count). The molecule has 154 valence electrons. The molecule has 1 aliphatic rings. The molecule has 1 N–H and O–H groups in total. The molecular formula is C22H31NO5. The van der Waals surface area contributed by atoms with Gasteiger partial charge in [0.2, 0.25) is 0 Å². The Labute approximate surface area is 167 Å². The molecule has 1 saturated carbocycles. The third kappa shape index (κ3) is 5.81. The van der Waals surface area contributed by atoms with Crippen molar-refractivity contribution in [3.8, 4) is 0 Å². The number of nitrogens with one attached hydrogen (secondary N) is 1. The first-order valence-electron chi connectivity index (χ1n) is 9.77. The van der Waals surface area contributed by atoms with Gasteiger partial charge in [-0.2, -0.15) is 0 Å². The molecule has 1 aliphatic carbocycles. The second kappa shape index (κ2) is 9.22. The average molecular weight is 389 g/mol. The third-order valence-electron chi connectivity index (χ3n) is 5.56. The summed E-state index contributed by atoms with van der Waals surface area (Å²) in [4.78, 5) is 36.1. The molecule has 0 saturated heterocycles. The lowest BCUT2D eigenvalue weighted by Crippen LogP contribution is -2.31. The van der Waals surface area contributed by atoms with Gasteiger partial charge in [0, 0.05) is 5.69 Å². The first-order valence-corrected chi connectivity index (χ1v) is 9.77. The molecule has 1 fully saturated rings. The van der Waals surface area contributed by atoms with E-state index in [1.165, 1.54) is 7.11 Å². The number of esters is 2. The zero-order chi connectivity index (χ0) is 20.9. The van der Waals surface area contributed by atoms with E-state index in [0.29, 0.717) is 17.2 Å². The van der Waals surface area contributed by atoms with Crippen LogP contribution in [0.15, 0.2) is 18.2 Å². The van der Waals surface area contributed by atoms with Crippen LogP contribution in [0.2, 0.25) is 0 Å². The van der Waals surface area contributed by atoms with E-state index >= 15 is 0 Å². The number of rotatable bonds is 5. The predicted molar refractivity (Wildman–Crippen MR) is 107 cm³/mol. The number of hydrogen-bond donors (Lipinski definition) is 1. The second-order valence-corrected chi connectivity index (χ2v) is 8.59. The van der Waals surface area contributed by atoms with Crippen LogP contribution in [0.25, 0.3) is 0 Å². The number of anilines is 1. The molecule has 0 aromatic heterocycles. The summed E-state index contributed by atoms with van der Waals surface area (Å²) in [6, 6.07) is 4.90. The van der Waals surface area contributed by atoms with Gasteiger partial charge in [-0.3, -0.25) is 9.59 Å². The normalized spacial score (nSPS) is 19.6. The Bertz CT molecular complexity index is 727. The maximum Gasteiger partial charge on any atom is 0.337 e. The van der Waals surface area contributed by atoms with Crippen molar-refractivity contribution in [2.75, 3.05) is 19.0 Å². The SMILES string of the molecule is COC(=O)c1ccc(C)c(NC(=O)COC(=O)C2CCC(C(C)(C)C)CC2)c1. The Morgan fingerprint density at radius 3 is 2.32 bits per heavy atom. The van der Waals surface area contributed by atoms with Crippen LogP contribution in [0, 0.1) is 24.2 Å². The average Bonchev–Trinajstić information content (AvgIpc) is 2.66. The molecule has 1 aromatic carbocycles. The summed E-state index contributed by atoms with van der Waals surface area (Å²) in [6.45, 7) is 8.18. The Balaban J connectivity index is 1.84. The highest BCUT2D eigenvalue weighted by molar-refractivity contribution is 5.96. The van der Waals surface area contributed by atoms with Gasteiger partial charge in [-0.1, -0.05) is 26.8 Å². The van der Waals surface area contributed by atoms with Crippen molar-refractivity contribution in [1.82, 2.24) is 0 Å². The molecule has 0 heterocycles. The van der Waals surface area contributed by atoms with Crippen molar-refractivity contribution in [2.24, 2.45) is 17.3 Å². The minimum absolute atomic E-state index is 0.129. The van der Waals surface area contributed by atoms with E-state index in [2.05, 4.69) is 30.8 Å². The van der Waals surface area contributed by atoms with Gasteiger partial charge >= 0.3 is 11.9 Å². The highest BCUT2D eigenvalue weighted by Gasteiger charge is 2.33. The first-order chi connectivity index (χ1) is 13.1. The zero-order valence-electron chi connectivity index (χ0n) is 17.5. The van der Waals surface area contributed by atoms with E-state index < -0.39 is 11.9 Å². The van der Waals surface area contributed by atoms with Crippen molar-refractivity contribution >= 4 is 23.5 Å². The van der Waals surface area contributed by atoms with Crippen LogP contribution >= 0.6 is 0 Å². The molecule has 6 heteroatoms. The zero-order valence-corrected chi connectivity index (χ0v) is 17.5. The first kappa shape index (κ1) is 21.9. The highest BCUT2D eigenvalue weighted by atomic mass is 16.5. The number of carbonyl (C=O) groups excluding carboxylic acids is 3. The molecule has 0 unspecified atom stereocenters. The molecular weight excluding hydrogens is 358 g/mol. The van der Waals surface area contributed by atoms with Crippen LogP contribution < -0.4 is 5.32 Å². The van der Waals surface area contributed by atoms with Crippen molar-refractivity contribution in [3.05, 3.63) is 29.3 Å². The molecule has 28 heavy (non-hydrogen) atoms. The second-order valence-electron chi connectivity index (χ2n) is 8.59. The van der Waals surface area contributed by atoms with Gasteiger partial charge < -0.3 is 14.8 Å². The number of methoxy groups -OCH3 is 1. The van der Waals surface area contributed by atoms with Crippen LogP contribution in [0.4, 0.5) is 5.69 Å². The van der Waals surface area contributed by atoms with Crippen LogP contribution in [0.1, 0.15) is 62.4 Å². The molecule has 0 atom stereocenters. The van der Waals surface area contributed by atoms with E-state index in [0.717, 1.165) is 31.2 Å². The quantitative estimate of drug-likeness (QED) is 0.766. The Hall–Kier alpha value is -2.37. The van der Waals surface area contributed by atoms with E-state index in [9.17, 15) is 14.4 Å². The monoisotopic (exact) mass is 389 g/mol. The predicted octanol–water partition coefficient (Wildman–Crippen LogP) is 4.12. The maximum atomic E-state index is 12.3. The van der Waals surface area contributed by atoms with Crippen LogP contribution in [-0.4, -0.2) is 31.6 Å². The van der Waals surface area contributed by atoms with Gasteiger partial charge in [0.15, 0.2) is 6.61 Å². The highest BCUT2D eigenvalue weighted by Crippen LogP contribution is 2.40. The number of carbonyl (C=O) groups is 3. The van der Waals surface area contributed by atoms with E-state index in [1.807, 2.05) is 6.92 Å². The van der Waals surface area contributed by atoms with Gasteiger partial charge in [0.1, 0.15) is 0 Å². The van der Waals surface area contributed by atoms with E-state index in [-0.39, 0.29) is 23.9 Å². The van der Waals surface area contributed by atoms with Gasteiger partial charge in [-0.05, 0) is 61.6 Å². The fourth-order valence-corrected chi connectivity index (χ4v) is 3.64. The molecule has 6 nitrogen and oxygen atoms in total. The third-order valence-corrected chi connectivity index (χ3v) is 5.56. The summed E-state index contributed by atoms with van der Waals surface area (Å²) < 4.78 is 9.92. The summed E-state index contributed by atoms with van der Waals surface area (Å²) in [7, 11) is 1.30. The standard InChI is InChI=1S/C22H31NO5/c1-14-6-7-16(20(25)27-5)12-18(14)23-19(24)13-28-21(26)15-8-10-17(11-9-15)22(2,3)4/h6-7,12,15,17H,8-11,13H2,1-5H3,(H,23,24). The molecule has 0 radical (unpaired) electrons. The van der Waals surface area contributed by atoms with Gasteiger partial charge in [0.25, 0.3) is 5.91 Å². The van der Waals surface area contributed by atoms with Crippen LogP contribution in [0.3, 0.4) is 0 Å². The van der Waals surface area contributed by atoms with Gasteiger partial charge in [-0.25, -0.2) is 4.79 Å². The molecule has 0 aliphatic heterocycles. The van der Waals surface area contributed by atoms with Gasteiger partial charge in [0.05, 0.1) is 18.6 Å². The molecule has 1 amide bonds. The van der Waals surface area contributed by atoms with Crippen LogP contribution in [-0.2, 0) is 19.1 Å². The lowest BCUT2D eigenvalue weighted by Gasteiger charge is -2.36. The maximum absolute atomic E-state index is 12.3. The number of ether oxygens (including phenoxy) is 2. The number of aryl methyl sites for hydroxylation is 1. The Kier molecular flexibility index (Phi) is 7.22. The van der Waals surface area contributed by atoms with Crippen molar-refractivity contribution in [3.63, 3.8) is 0 Å². The molecule has 0 spiro atoms. The Morgan fingerprint density at radius 2 is 1.75 bits per heavy atom. The minimum Gasteiger partial charge on any atom is -0.465 e. The van der Waals surface area contributed by atoms with E-state index in [4.69, 9.17) is 4.74 Å². The minimum atomic E-state index is -0.479.